The lowest BCUT2D eigenvalue weighted by Crippen LogP contribution is -2.55. The lowest BCUT2D eigenvalue weighted by molar-refractivity contribution is -0.137. The fourth-order valence-electron chi connectivity index (χ4n) is 12.3. The highest BCUT2D eigenvalue weighted by Crippen LogP contribution is 2.51. The van der Waals surface area contributed by atoms with E-state index in [4.69, 9.17) is 25.8 Å². The minimum Gasteiger partial charge on any atom is -0.492 e. The van der Waals surface area contributed by atoms with Crippen LogP contribution in [0.1, 0.15) is 111 Å². The average molecular weight is 1340 g/mol. The van der Waals surface area contributed by atoms with E-state index >= 15 is 0 Å². The van der Waals surface area contributed by atoms with Crippen molar-refractivity contribution >= 4 is 109 Å². The van der Waals surface area contributed by atoms with E-state index in [9.17, 15) is 43.2 Å². The zero-order chi connectivity index (χ0) is 68.1. The molecule has 0 bridgehead atoms. The van der Waals surface area contributed by atoms with E-state index in [2.05, 4.69) is 37.7 Å². The molecular formula is C71H85ClN10O12S. The molecule has 0 aliphatic carbocycles. The summed E-state index contributed by atoms with van der Waals surface area (Å²) in [4.78, 5) is 131. The standard InChI is InChI=1S/C71H85ClN10O12S/c1-44(2)33-54(77-67(88)55(34-47-17-11-9-12-18-47)76-59(83)19-13-10-14-30-81-61(85)26-27-62(81)86)66(87)73-38-60(84)74-50-22-20-48(21-23-50)40-93-69(90)78(7)42-71(5,6)43-79(8)70(91)94-58-37-57-64(63-45(3)41-95-65(58)63)52(46(4)72)39-82(57)68(89)56-36-49-35-51(24-25-53(49)75-56)92-32-31-80-28-15-16-29-80/h9,11-12,17-18,20-27,35-37,41,44,52,54-55,75H,4,10,13-16,19,28-34,38-40,42-43H2,1-3,5-8H3,(H,73,87)(H,74,84)(H,76,83)(H,77,88)/t52-,54-,55-/m0/s1. The predicted octanol–water partition coefficient (Wildman–Crippen LogP) is 10.2. The first-order valence-electron chi connectivity index (χ1n) is 32.2. The van der Waals surface area contributed by atoms with Crippen LogP contribution in [0.2, 0.25) is 0 Å². The van der Waals surface area contributed by atoms with Gasteiger partial charge in [0.15, 0.2) is 5.75 Å². The largest absolute Gasteiger partial charge is 0.492 e. The second kappa shape index (κ2) is 31.9. The third-order valence-electron chi connectivity index (χ3n) is 17.0. The summed E-state index contributed by atoms with van der Waals surface area (Å²) in [6.45, 7) is 17.7. The summed E-state index contributed by atoms with van der Waals surface area (Å²) < 4.78 is 18.7. The number of hydrogen-bond donors (Lipinski definition) is 5. The summed E-state index contributed by atoms with van der Waals surface area (Å²) in [7, 11) is 3.23. The number of aromatic nitrogens is 1. The number of halogens is 1. The van der Waals surface area contributed by atoms with Crippen molar-refractivity contribution in [1.82, 2.24) is 40.5 Å². The Morgan fingerprint density at radius 2 is 1.52 bits per heavy atom. The van der Waals surface area contributed by atoms with Gasteiger partial charge in [0, 0.05) is 116 Å². The molecule has 6 aromatic rings. The second-order valence-electron chi connectivity index (χ2n) is 25.9. The maximum absolute atomic E-state index is 14.6. The molecule has 0 saturated carbocycles. The maximum Gasteiger partial charge on any atom is 0.415 e. The summed E-state index contributed by atoms with van der Waals surface area (Å²) in [5.41, 5.74) is 4.70. The van der Waals surface area contributed by atoms with Gasteiger partial charge >= 0.3 is 12.2 Å². The number of aryl methyl sites for hydroxylation is 1. The van der Waals surface area contributed by atoms with Crippen molar-refractivity contribution in [3.63, 3.8) is 0 Å². The summed E-state index contributed by atoms with van der Waals surface area (Å²) in [6, 6.07) is 23.0. The number of hydrogen-bond acceptors (Lipinski definition) is 14. The molecule has 9 rings (SSSR count). The van der Waals surface area contributed by atoms with Gasteiger partial charge in [-0.25, -0.2) is 9.59 Å². The van der Waals surface area contributed by atoms with Crippen LogP contribution in [0.25, 0.3) is 21.0 Å². The Morgan fingerprint density at radius 1 is 0.811 bits per heavy atom. The molecule has 22 nitrogen and oxygen atoms in total. The Labute approximate surface area is 562 Å². The van der Waals surface area contributed by atoms with Crippen LogP contribution in [0.15, 0.2) is 114 Å². The molecule has 24 heteroatoms. The van der Waals surface area contributed by atoms with Gasteiger partial charge in [-0.3, -0.25) is 43.4 Å². The van der Waals surface area contributed by atoms with Crippen molar-refractivity contribution in [2.24, 2.45) is 11.3 Å². The van der Waals surface area contributed by atoms with E-state index < -0.39 is 54.0 Å². The Hall–Kier alpha value is -9.06. The molecule has 3 atom stereocenters. The minimum atomic E-state index is -1.03. The number of H-pyrrole nitrogens is 1. The van der Waals surface area contributed by atoms with E-state index in [1.54, 1.807) is 49.3 Å². The topological polar surface area (TPSA) is 261 Å². The molecule has 504 valence electrons. The maximum atomic E-state index is 14.6. The SMILES string of the molecule is C=C(Cl)[C@@H]1CN(C(=O)c2cc3cc(OCCN4CCCC4)ccc3[nH]2)c2cc(OC(=O)N(C)CC(C)(C)CN(C)C(=O)OCc3ccc(NC(=O)CNC(=O)[C@H](CC(C)C)NC(=O)[C@H](Cc4ccccc4)NC(=O)CCCCCN4C(=O)C=CC4=O)cc3)c3scc(C)c3c21. The van der Waals surface area contributed by atoms with Crippen LogP contribution in [-0.2, 0) is 46.5 Å². The Balaban J connectivity index is 0.732. The molecular weight excluding hydrogens is 1250 g/mol. The molecule has 2 aromatic heterocycles. The van der Waals surface area contributed by atoms with Crippen molar-refractivity contribution in [1.29, 1.82) is 0 Å². The zero-order valence-electron chi connectivity index (χ0n) is 55.0. The quantitative estimate of drug-likeness (QED) is 0.0208. The molecule has 4 aromatic carbocycles. The van der Waals surface area contributed by atoms with Crippen molar-refractivity contribution in [3.8, 4) is 11.5 Å². The minimum absolute atomic E-state index is 0.0303. The van der Waals surface area contributed by atoms with Gasteiger partial charge < -0.3 is 55.2 Å². The van der Waals surface area contributed by atoms with E-state index in [-0.39, 0.29) is 93.3 Å². The molecule has 5 N–H and O–H groups in total. The van der Waals surface area contributed by atoms with Gasteiger partial charge in [0.25, 0.3) is 17.7 Å². The van der Waals surface area contributed by atoms with Crippen LogP contribution in [0.3, 0.4) is 0 Å². The smallest absolute Gasteiger partial charge is 0.415 e. The van der Waals surface area contributed by atoms with Gasteiger partial charge in [0.2, 0.25) is 23.6 Å². The van der Waals surface area contributed by atoms with Crippen molar-refractivity contribution in [2.75, 3.05) is 83.3 Å². The van der Waals surface area contributed by atoms with Crippen LogP contribution in [0.5, 0.6) is 11.5 Å². The Kier molecular flexibility index (Phi) is 23.6. The Morgan fingerprint density at radius 3 is 2.21 bits per heavy atom. The Bertz CT molecular complexity index is 3840. The van der Waals surface area contributed by atoms with Crippen LogP contribution >= 0.6 is 22.9 Å². The fourth-order valence-corrected chi connectivity index (χ4v) is 13.5. The lowest BCUT2D eigenvalue weighted by Gasteiger charge is -2.33. The summed E-state index contributed by atoms with van der Waals surface area (Å²) in [5.74, 6) is -2.45. The molecule has 3 aliphatic rings. The number of thiophene rings is 1. The molecule has 0 spiro atoms. The second-order valence-corrected chi connectivity index (χ2v) is 27.3. The molecule has 1 fully saturated rings. The van der Waals surface area contributed by atoms with Gasteiger partial charge in [0.1, 0.15) is 36.7 Å². The van der Waals surface area contributed by atoms with Crippen LogP contribution in [0.4, 0.5) is 21.0 Å². The van der Waals surface area contributed by atoms with E-state index in [1.165, 1.54) is 46.1 Å². The van der Waals surface area contributed by atoms with Crippen molar-refractivity contribution < 1.29 is 57.4 Å². The number of amides is 9. The zero-order valence-corrected chi connectivity index (χ0v) is 56.6. The first kappa shape index (κ1) is 70.3. The molecule has 5 heterocycles. The molecule has 3 aliphatic heterocycles. The normalized spacial score (nSPS) is 15.2. The number of nitrogens with zero attached hydrogens (tertiary/aromatic N) is 5. The highest BCUT2D eigenvalue weighted by Gasteiger charge is 2.39. The number of benzene rings is 4. The monoisotopic (exact) mass is 1340 g/mol. The van der Waals surface area contributed by atoms with Crippen LogP contribution in [0, 0.1) is 18.3 Å². The number of aromatic amines is 1. The molecule has 95 heavy (non-hydrogen) atoms. The van der Waals surface area contributed by atoms with Gasteiger partial charge in [-0.1, -0.05) is 94.8 Å². The van der Waals surface area contributed by atoms with Gasteiger partial charge in [-0.15, -0.1) is 11.3 Å². The highest BCUT2D eigenvalue weighted by molar-refractivity contribution is 7.17. The van der Waals surface area contributed by atoms with Crippen LogP contribution in [-0.4, -0.2) is 163 Å². The predicted molar refractivity (Wildman–Crippen MR) is 367 cm³/mol. The fraction of sp³-hybridized carbons (Fsp3) is 0.423. The third-order valence-corrected chi connectivity index (χ3v) is 18.3. The number of carbonyl (C=O) groups is 9. The molecule has 0 unspecified atom stereocenters. The number of anilines is 2. The number of fused-ring (bicyclic) bond motifs is 4. The first-order valence-corrected chi connectivity index (χ1v) is 33.5. The van der Waals surface area contributed by atoms with E-state index in [1.807, 2.05) is 94.6 Å². The molecule has 1 saturated heterocycles. The number of unbranched alkanes of at least 4 members (excludes halogenated alkanes) is 2. The number of carbonyl (C=O) groups excluding carboxylic acids is 9. The van der Waals surface area contributed by atoms with E-state index in [0.29, 0.717) is 53.5 Å². The number of ether oxygens (including phenoxy) is 3. The summed E-state index contributed by atoms with van der Waals surface area (Å²) in [5, 5.41) is 15.1. The summed E-state index contributed by atoms with van der Waals surface area (Å²) >= 11 is 8.15. The van der Waals surface area contributed by atoms with Gasteiger partial charge in [-0.05, 0) is 122 Å². The highest BCUT2D eigenvalue weighted by atomic mass is 35.5. The first-order chi connectivity index (χ1) is 45.4. The van der Waals surface area contributed by atoms with Gasteiger partial charge in [-0.2, -0.15) is 0 Å². The average Bonchev–Trinajstić information content (AvgIpc) is 1.58. The number of rotatable bonds is 30. The van der Waals surface area contributed by atoms with Crippen molar-refractivity contribution in [3.05, 3.63) is 142 Å². The van der Waals surface area contributed by atoms with Crippen molar-refractivity contribution in [2.45, 2.75) is 111 Å². The van der Waals surface area contributed by atoms with Gasteiger partial charge in [0.05, 0.1) is 16.9 Å². The lowest BCUT2D eigenvalue weighted by atomic mass is 9.92. The van der Waals surface area contributed by atoms with Crippen LogP contribution < -0.4 is 35.6 Å². The molecule has 0 radical (unpaired) electrons. The number of likely N-dealkylation sites (tertiary alicyclic amines) is 1. The number of imide groups is 1. The summed E-state index contributed by atoms with van der Waals surface area (Å²) in [6.07, 6.45) is 5.72. The third kappa shape index (κ3) is 18.7. The molecule has 9 amide bonds. The van der Waals surface area contributed by atoms with E-state index in [0.717, 1.165) is 68.0 Å². The number of nitrogens with one attached hydrogen (secondary N) is 5.